The Bertz CT molecular complexity index is 368. The molecule has 0 spiro atoms. The van der Waals surface area contributed by atoms with Gasteiger partial charge >= 0.3 is 6.18 Å². The van der Waals surface area contributed by atoms with Crippen molar-refractivity contribution in [3.63, 3.8) is 0 Å². The first kappa shape index (κ1) is 11.4. The Morgan fingerprint density at radius 3 is 2.27 bits per heavy atom. The molecule has 0 fully saturated rings. The Kier molecular flexibility index (Phi) is 3.62. The number of rotatable bonds is 2. The van der Waals surface area contributed by atoms with Gasteiger partial charge in [0.25, 0.3) is 0 Å². The van der Waals surface area contributed by atoms with E-state index < -0.39 is 6.18 Å². The van der Waals surface area contributed by atoms with E-state index in [9.17, 15) is 13.2 Å². The van der Waals surface area contributed by atoms with Gasteiger partial charge in [0.1, 0.15) is 5.75 Å². The summed E-state index contributed by atoms with van der Waals surface area (Å²) in [6.07, 6.45) is -4.45. The molecule has 1 rings (SSSR count). The third kappa shape index (κ3) is 4.41. The van der Waals surface area contributed by atoms with Crippen molar-refractivity contribution in [3.05, 3.63) is 29.8 Å². The van der Waals surface area contributed by atoms with E-state index in [1.807, 2.05) is 12.8 Å². The molecule has 0 N–H and O–H groups in total. The third-order valence-electron chi connectivity index (χ3n) is 1.51. The summed E-state index contributed by atoms with van der Waals surface area (Å²) in [6.45, 7) is 2.35. The number of hydrogen-bond acceptors (Lipinski definition) is 1. The number of hydrogen-bond donors (Lipinski definition) is 0. The first-order valence-electron chi connectivity index (χ1n) is 4.34. The van der Waals surface area contributed by atoms with Gasteiger partial charge in [0.2, 0.25) is 0 Å². The summed E-state index contributed by atoms with van der Waals surface area (Å²) in [7, 11) is 0. The fourth-order valence-corrected chi connectivity index (χ4v) is 0.944. The zero-order chi connectivity index (χ0) is 11.3. The molecule has 4 heteroatoms. The highest BCUT2D eigenvalue weighted by Crippen LogP contribution is 2.14. The Morgan fingerprint density at radius 1 is 1.20 bits per heavy atom. The highest BCUT2D eigenvalue weighted by molar-refractivity contribution is 5.38. The highest BCUT2D eigenvalue weighted by atomic mass is 19.4. The molecular weight excluding hydrogens is 205 g/mol. The summed E-state index contributed by atoms with van der Waals surface area (Å²) in [5, 5.41) is 0. The van der Waals surface area contributed by atoms with Crippen molar-refractivity contribution in [1.82, 2.24) is 0 Å². The van der Waals surface area contributed by atoms with Gasteiger partial charge in [-0.3, -0.25) is 0 Å². The molecule has 0 aliphatic heterocycles. The lowest BCUT2D eigenvalue weighted by molar-refractivity contribution is -0.0696. The fourth-order valence-electron chi connectivity index (χ4n) is 0.944. The number of benzene rings is 1. The normalized spacial score (nSPS) is 10.4. The Morgan fingerprint density at radius 2 is 1.80 bits per heavy atom. The first-order chi connectivity index (χ1) is 7.01. The van der Waals surface area contributed by atoms with Crippen molar-refractivity contribution < 1.29 is 17.9 Å². The van der Waals surface area contributed by atoms with Gasteiger partial charge in [-0.25, -0.2) is 0 Å². The van der Waals surface area contributed by atoms with Crippen LogP contribution in [0.25, 0.3) is 0 Å². The minimum absolute atomic E-state index is 0.316. The molecule has 0 atom stereocenters. The maximum absolute atomic E-state index is 11.7. The van der Waals surface area contributed by atoms with E-state index in [0.717, 1.165) is 0 Å². The number of halogens is 3. The van der Waals surface area contributed by atoms with Crippen molar-refractivity contribution in [2.45, 2.75) is 13.1 Å². The topological polar surface area (TPSA) is 9.23 Å². The van der Waals surface area contributed by atoms with Crippen LogP contribution in [0, 0.1) is 11.8 Å². The smallest absolute Gasteiger partial charge is 0.458 e. The number of ether oxygens (including phenoxy) is 1. The van der Waals surface area contributed by atoms with Gasteiger partial charge in [-0.05, 0) is 31.2 Å². The lowest BCUT2D eigenvalue weighted by atomic mass is 10.2. The second-order valence-electron chi connectivity index (χ2n) is 2.71. The first-order valence-corrected chi connectivity index (χ1v) is 4.34. The molecule has 0 radical (unpaired) electrons. The summed E-state index contributed by atoms with van der Waals surface area (Å²) in [4.78, 5) is 0. The SMILES string of the molecule is CCOc1ccc(C#CC(F)(F)F)cc1. The largest absolute Gasteiger partial charge is 0.494 e. The van der Waals surface area contributed by atoms with E-state index in [1.54, 1.807) is 12.1 Å². The molecule has 0 aliphatic rings. The summed E-state index contributed by atoms with van der Waals surface area (Å²) < 4.78 is 40.4. The zero-order valence-electron chi connectivity index (χ0n) is 8.06. The average molecular weight is 214 g/mol. The van der Waals surface area contributed by atoms with Crippen LogP contribution in [0.15, 0.2) is 24.3 Å². The van der Waals surface area contributed by atoms with Gasteiger partial charge in [-0.1, -0.05) is 5.92 Å². The van der Waals surface area contributed by atoms with E-state index in [0.29, 0.717) is 17.9 Å². The van der Waals surface area contributed by atoms with Gasteiger partial charge in [0, 0.05) is 11.5 Å². The van der Waals surface area contributed by atoms with E-state index >= 15 is 0 Å². The van der Waals surface area contributed by atoms with Crippen molar-refractivity contribution >= 4 is 0 Å². The monoisotopic (exact) mass is 214 g/mol. The van der Waals surface area contributed by atoms with Crippen LogP contribution in [0.3, 0.4) is 0 Å². The van der Waals surface area contributed by atoms with Crippen LogP contribution in [0.2, 0.25) is 0 Å². The van der Waals surface area contributed by atoms with Gasteiger partial charge in [-0.15, -0.1) is 0 Å². The predicted molar refractivity (Wildman–Crippen MR) is 50.5 cm³/mol. The molecular formula is C11H9F3O. The summed E-state index contributed by atoms with van der Waals surface area (Å²) in [5.74, 6) is 3.84. The molecule has 15 heavy (non-hydrogen) atoms. The Balaban J connectivity index is 2.75. The van der Waals surface area contributed by atoms with Crippen LogP contribution < -0.4 is 4.74 Å². The van der Waals surface area contributed by atoms with Gasteiger partial charge in [0.05, 0.1) is 6.61 Å². The van der Waals surface area contributed by atoms with Crippen molar-refractivity contribution in [1.29, 1.82) is 0 Å². The van der Waals surface area contributed by atoms with Crippen LogP contribution in [-0.2, 0) is 0 Å². The molecule has 0 aliphatic carbocycles. The molecule has 0 saturated heterocycles. The average Bonchev–Trinajstić information content (AvgIpc) is 2.16. The maximum Gasteiger partial charge on any atom is 0.458 e. The molecule has 80 valence electrons. The maximum atomic E-state index is 11.7. The second kappa shape index (κ2) is 4.74. The standard InChI is InChI=1S/C11H9F3O/c1-2-15-10-5-3-9(4-6-10)7-8-11(12,13)14/h3-6H,2H2,1H3. The van der Waals surface area contributed by atoms with E-state index in [1.165, 1.54) is 18.1 Å². The molecule has 0 bridgehead atoms. The van der Waals surface area contributed by atoms with Crippen molar-refractivity contribution in [2.24, 2.45) is 0 Å². The summed E-state index contributed by atoms with van der Waals surface area (Å²) >= 11 is 0. The minimum Gasteiger partial charge on any atom is -0.494 e. The minimum atomic E-state index is -4.45. The second-order valence-corrected chi connectivity index (χ2v) is 2.71. The van der Waals surface area contributed by atoms with Crippen molar-refractivity contribution in [3.8, 4) is 17.6 Å². The molecule has 0 aromatic heterocycles. The van der Waals surface area contributed by atoms with E-state index in [4.69, 9.17) is 4.74 Å². The third-order valence-corrected chi connectivity index (χ3v) is 1.51. The summed E-state index contributed by atoms with van der Waals surface area (Å²) in [5.41, 5.74) is 0.316. The zero-order valence-corrected chi connectivity index (χ0v) is 8.06. The summed E-state index contributed by atoms with van der Waals surface area (Å²) in [6, 6.07) is 6.15. The van der Waals surface area contributed by atoms with Crippen LogP contribution in [-0.4, -0.2) is 12.8 Å². The predicted octanol–water partition coefficient (Wildman–Crippen LogP) is 3.00. The van der Waals surface area contributed by atoms with Crippen LogP contribution in [0.4, 0.5) is 13.2 Å². The number of alkyl halides is 3. The Labute approximate surface area is 85.9 Å². The molecule has 1 nitrogen and oxygen atoms in total. The quantitative estimate of drug-likeness (QED) is 0.687. The van der Waals surface area contributed by atoms with Crippen LogP contribution in [0.1, 0.15) is 12.5 Å². The molecule has 1 aromatic carbocycles. The van der Waals surface area contributed by atoms with Gasteiger partial charge in [0.15, 0.2) is 0 Å². The van der Waals surface area contributed by atoms with E-state index in [2.05, 4.69) is 0 Å². The van der Waals surface area contributed by atoms with Crippen LogP contribution in [0.5, 0.6) is 5.75 Å². The fraction of sp³-hybridized carbons (Fsp3) is 0.273. The molecule has 0 amide bonds. The Hall–Kier alpha value is -1.63. The van der Waals surface area contributed by atoms with Gasteiger partial charge < -0.3 is 4.74 Å². The lowest BCUT2D eigenvalue weighted by Crippen LogP contribution is -2.01. The van der Waals surface area contributed by atoms with Crippen LogP contribution >= 0.6 is 0 Å². The molecule has 0 unspecified atom stereocenters. The van der Waals surface area contributed by atoms with E-state index in [-0.39, 0.29) is 0 Å². The molecule has 0 heterocycles. The van der Waals surface area contributed by atoms with Gasteiger partial charge in [-0.2, -0.15) is 13.2 Å². The lowest BCUT2D eigenvalue weighted by Gasteiger charge is -2.01. The molecule has 1 aromatic rings. The highest BCUT2D eigenvalue weighted by Gasteiger charge is 2.22. The molecule has 0 saturated carbocycles. The van der Waals surface area contributed by atoms with Crippen molar-refractivity contribution in [2.75, 3.05) is 6.61 Å².